The van der Waals surface area contributed by atoms with Gasteiger partial charge in [0.2, 0.25) is 0 Å². The van der Waals surface area contributed by atoms with E-state index in [1.165, 1.54) is 0 Å². The van der Waals surface area contributed by atoms with Crippen LogP contribution in [0.2, 0.25) is 0 Å². The lowest BCUT2D eigenvalue weighted by Crippen LogP contribution is -2.52. The van der Waals surface area contributed by atoms with Crippen molar-refractivity contribution in [1.82, 2.24) is 0 Å². The van der Waals surface area contributed by atoms with Crippen molar-refractivity contribution < 1.29 is 9.84 Å². The second kappa shape index (κ2) is 6.80. The normalized spacial score (nSPS) is 28.3. The number of benzene rings is 1. The van der Waals surface area contributed by atoms with Gasteiger partial charge in [0, 0.05) is 12.0 Å². The van der Waals surface area contributed by atoms with Gasteiger partial charge >= 0.3 is 0 Å². The molecular weight excluding hydrogens is 262 g/mol. The van der Waals surface area contributed by atoms with E-state index in [0.29, 0.717) is 13.2 Å². The first kappa shape index (κ1) is 16.3. The van der Waals surface area contributed by atoms with Crippen LogP contribution < -0.4 is 10.5 Å². The Morgan fingerprint density at radius 3 is 2.62 bits per heavy atom. The van der Waals surface area contributed by atoms with E-state index in [1.54, 1.807) is 0 Å². The summed E-state index contributed by atoms with van der Waals surface area (Å²) in [5, 5.41) is 10.7. The predicted octanol–water partition coefficient (Wildman–Crippen LogP) is 3.36. The molecule has 0 spiro atoms. The molecule has 0 aliphatic heterocycles. The third kappa shape index (κ3) is 3.78. The summed E-state index contributed by atoms with van der Waals surface area (Å²) >= 11 is 0. The van der Waals surface area contributed by atoms with Crippen LogP contribution >= 0.6 is 0 Å². The number of para-hydroxylation sites is 1. The second-order valence-electron chi connectivity index (χ2n) is 7.08. The average Bonchev–Trinajstić information content (AvgIpc) is 2.49. The standard InChI is InChI=1S/C18H29NO2/c1-17(2)10-6-11-18(14-19,16(17)20)12-7-13-21-15-8-4-3-5-9-15/h3-5,8-9,16,20H,6-7,10-14,19H2,1-2H3. The lowest BCUT2D eigenvalue weighted by molar-refractivity contribution is -0.0940. The summed E-state index contributed by atoms with van der Waals surface area (Å²) in [5.74, 6) is 0.906. The van der Waals surface area contributed by atoms with E-state index in [9.17, 15) is 5.11 Å². The highest BCUT2D eigenvalue weighted by atomic mass is 16.5. The molecule has 2 unspecified atom stereocenters. The van der Waals surface area contributed by atoms with Crippen molar-refractivity contribution in [1.29, 1.82) is 0 Å². The summed E-state index contributed by atoms with van der Waals surface area (Å²) in [5.41, 5.74) is 5.88. The van der Waals surface area contributed by atoms with E-state index in [-0.39, 0.29) is 16.9 Å². The van der Waals surface area contributed by atoms with Crippen molar-refractivity contribution in [2.75, 3.05) is 13.2 Å². The van der Waals surface area contributed by atoms with Gasteiger partial charge in [-0.1, -0.05) is 38.5 Å². The van der Waals surface area contributed by atoms with E-state index in [2.05, 4.69) is 13.8 Å². The Morgan fingerprint density at radius 2 is 1.95 bits per heavy atom. The lowest BCUT2D eigenvalue weighted by Gasteiger charge is -2.49. The number of aliphatic hydroxyl groups excluding tert-OH is 1. The summed E-state index contributed by atoms with van der Waals surface area (Å²) in [6.45, 7) is 5.55. The van der Waals surface area contributed by atoms with Crippen molar-refractivity contribution in [2.24, 2.45) is 16.6 Å². The monoisotopic (exact) mass is 291 g/mol. The number of hydrogen-bond acceptors (Lipinski definition) is 3. The first-order valence-corrected chi connectivity index (χ1v) is 8.06. The number of nitrogens with two attached hydrogens (primary N) is 1. The maximum Gasteiger partial charge on any atom is 0.119 e. The Kier molecular flexibility index (Phi) is 5.28. The van der Waals surface area contributed by atoms with Gasteiger partial charge in [-0.15, -0.1) is 0 Å². The molecule has 1 saturated carbocycles. The fraction of sp³-hybridized carbons (Fsp3) is 0.667. The molecule has 0 heterocycles. The van der Waals surface area contributed by atoms with Crippen molar-refractivity contribution in [3.63, 3.8) is 0 Å². The minimum Gasteiger partial charge on any atom is -0.494 e. The fourth-order valence-corrected chi connectivity index (χ4v) is 3.71. The van der Waals surface area contributed by atoms with Gasteiger partial charge in [-0.3, -0.25) is 0 Å². The topological polar surface area (TPSA) is 55.5 Å². The molecule has 118 valence electrons. The Balaban J connectivity index is 1.87. The van der Waals surface area contributed by atoms with E-state index in [1.807, 2.05) is 30.3 Å². The van der Waals surface area contributed by atoms with Crippen LogP contribution in [0, 0.1) is 10.8 Å². The lowest BCUT2D eigenvalue weighted by atomic mass is 9.59. The molecule has 1 aliphatic carbocycles. The van der Waals surface area contributed by atoms with Crippen LogP contribution in [-0.2, 0) is 0 Å². The second-order valence-corrected chi connectivity index (χ2v) is 7.08. The van der Waals surface area contributed by atoms with E-state index < -0.39 is 0 Å². The summed E-state index contributed by atoms with van der Waals surface area (Å²) < 4.78 is 5.75. The minimum atomic E-state index is -0.319. The molecule has 1 aromatic rings. The van der Waals surface area contributed by atoms with Gasteiger partial charge in [0.05, 0.1) is 12.7 Å². The summed E-state index contributed by atoms with van der Waals surface area (Å²) in [4.78, 5) is 0. The highest BCUT2D eigenvalue weighted by Crippen LogP contribution is 2.48. The third-order valence-electron chi connectivity index (χ3n) is 5.05. The zero-order chi connectivity index (χ0) is 15.3. The zero-order valence-electron chi connectivity index (χ0n) is 13.3. The molecule has 0 bridgehead atoms. The number of hydrogen-bond donors (Lipinski definition) is 2. The fourth-order valence-electron chi connectivity index (χ4n) is 3.71. The molecule has 1 aromatic carbocycles. The molecule has 0 saturated heterocycles. The van der Waals surface area contributed by atoms with Crippen molar-refractivity contribution in [2.45, 2.75) is 52.1 Å². The molecule has 3 heteroatoms. The summed E-state index contributed by atoms with van der Waals surface area (Å²) in [6.07, 6.45) is 4.80. The third-order valence-corrected chi connectivity index (χ3v) is 5.05. The summed E-state index contributed by atoms with van der Waals surface area (Å²) in [6, 6.07) is 9.87. The predicted molar refractivity (Wildman–Crippen MR) is 86.3 cm³/mol. The molecule has 0 radical (unpaired) electrons. The van der Waals surface area contributed by atoms with Crippen LogP contribution in [0.15, 0.2) is 30.3 Å². The van der Waals surface area contributed by atoms with Crippen molar-refractivity contribution in [3.05, 3.63) is 30.3 Å². The average molecular weight is 291 g/mol. The maximum atomic E-state index is 10.7. The Morgan fingerprint density at radius 1 is 1.24 bits per heavy atom. The molecule has 0 aromatic heterocycles. The van der Waals surface area contributed by atoms with Crippen LogP contribution in [0.3, 0.4) is 0 Å². The molecule has 3 nitrogen and oxygen atoms in total. The minimum absolute atomic E-state index is 0.0299. The van der Waals surface area contributed by atoms with Gasteiger partial charge < -0.3 is 15.6 Å². The zero-order valence-corrected chi connectivity index (χ0v) is 13.3. The van der Waals surface area contributed by atoms with Gasteiger partial charge in [0.15, 0.2) is 0 Å². The van der Waals surface area contributed by atoms with Gasteiger partial charge in [-0.25, -0.2) is 0 Å². The molecular formula is C18H29NO2. The Bertz CT molecular complexity index is 432. The number of rotatable bonds is 6. The molecule has 3 N–H and O–H groups in total. The van der Waals surface area contributed by atoms with E-state index in [0.717, 1.165) is 37.9 Å². The van der Waals surface area contributed by atoms with Crippen LogP contribution in [0.1, 0.15) is 46.0 Å². The largest absolute Gasteiger partial charge is 0.494 e. The maximum absolute atomic E-state index is 10.7. The molecule has 1 fully saturated rings. The molecule has 0 amide bonds. The van der Waals surface area contributed by atoms with Crippen LogP contribution in [0.5, 0.6) is 5.75 Å². The molecule has 2 atom stereocenters. The molecule has 1 aliphatic rings. The molecule has 21 heavy (non-hydrogen) atoms. The van der Waals surface area contributed by atoms with Crippen LogP contribution in [-0.4, -0.2) is 24.4 Å². The van der Waals surface area contributed by atoms with Crippen molar-refractivity contribution >= 4 is 0 Å². The Hall–Kier alpha value is -1.06. The SMILES string of the molecule is CC1(C)CCCC(CN)(CCCOc2ccccc2)C1O. The van der Waals surface area contributed by atoms with Gasteiger partial charge in [0.25, 0.3) is 0 Å². The first-order valence-electron chi connectivity index (χ1n) is 8.06. The first-order chi connectivity index (χ1) is 10.0. The van der Waals surface area contributed by atoms with E-state index in [4.69, 9.17) is 10.5 Å². The van der Waals surface area contributed by atoms with Gasteiger partial charge in [-0.05, 0) is 43.2 Å². The van der Waals surface area contributed by atoms with Crippen LogP contribution in [0.4, 0.5) is 0 Å². The Labute approximate surface area is 128 Å². The summed E-state index contributed by atoms with van der Waals surface area (Å²) in [7, 11) is 0. The quantitative estimate of drug-likeness (QED) is 0.790. The highest BCUT2D eigenvalue weighted by molar-refractivity contribution is 5.20. The smallest absolute Gasteiger partial charge is 0.119 e. The molecule has 2 rings (SSSR count). The highest BCUT2D eigenvalue weighted by Gasteiger charge is 2.47. The number of aliphatic hydroxyl groups is 1. The van der Waals surface area contributed by atoms with Gasteiger partial charge in [0.1, 0.15) is 5.75 Å². The van der Waals surface area contributed by atoms with Crippen molar-refractivity contribution in [3.8, 4) is 5.75 Å². The number of ether oxygens (including phenoxy) is 1. The van der Waals surface area contributed by atoms with E-state index >= 15 is 0 Å². The van der Waals surface area contributed by atoms with Gasteiger partial charge in [-0.2, -0.15) is 0 Å². The van der Waals surface area contributed by atoms with Crippen LogP contribution in [0.25, 0.3) is 0 Å².